The molecule has 30 heavy (non-hydrogen) atoms. The fourth-order valence-corrected chi connectivity index (χ4v) is 3.17. The van der Waals surface area contributed by atoms with Gasteiger partial charge in [-0.1, -0.05) is 46.3 Å². The molecule has 1 fully saturated rings. The second-order valence-corrected chi connectivity index (χ2v) is 7.11. The van der Waals surface area contributed by atoms with Gasteiger partial charge >= 0.3 is 12.0 Å². The highest BCUT2D eigenvalue weighted by Gasteiger charge is 2.35. The molecule has 1 heterocycles. The summed E-state index contributed by atoms with van der Waals surface area (Å²) < 4.78 is 16.4. The van der Waals surface area contributed by atoms with Crippen LogP contribution in [0.5, 0.6) is 11.5 Å². The van der Waals surface area contributed by atoms with Crippen LogP contribution < -0.4 is 14.8 Å². The van der Waals surface area contributed by atoms with Gasteiger partial charge in [0.1, 0.15) is 18.8 Å². The van der Waals surface area contributed by atoms with Crippen LogP contribution in [0.2, 0.25) is 0 Å². The van der Waals surface area contributed by atoms with Crippen molar-refractivity contribution in [1.29, 1.82) is 0 Å². The molecular weight excluding hydrogens is 456 g/mol. The van der Waals surface area contributed by atoms with Crippen LogP contribution in [0.1, 0.15) is 11.1 Å². The van der Waals surface area contributed by atoms with Gasteiger partial charge in [-0.25, -0.2) is 9.69 Å². The van der Waals surface area contributed by atoms with Crippen LogP contribution in [-0.4, -0.2) is 43.6 Å². The van der Waals surface area contributed by atoms with E-state index in [0.717, 1.165) is 10.5 Å². The molecule has 2 aromatic carbocycles. The molecule has 3 amide bonds. The van der Waals surface area contributed by atoms with Gasteiger partial charge in [0.05, 0.1) is 14.2 Å². The van der Waals surface area contributed by atoms with Crippen LogP contribution in [0.4, 0.5) is 4.79 Å². The largest absolute Gasteiger partial charge is 0.493 e. The predicted octanol–water partition coefficient (Wildman–Crippen LogP) is 3.10. The van der Waals surface area contributed by atoms with Crippen molar-refractivity contribution < 1.29 is 28.6 Å². The van der Waals surface area contributed by atoms with E-state index >= 15 is 0 Å². The Hall–Kier alpha value is -3.33. The first kappa shape index (κ1) is 21.4. The van der Waals surface area contributed by atoms with Gasteiger partial charge in [0.25, 0.3) is 5.91 Å². The topological polar surface area (TPSA) is 94.2 Å². The van der Waals surface area contributed by atoms with E-state index in [9.17, 15) is 14.4 Å². The third-order valence-corrected chi connectivity index (χ3v) is 4.98. The number of methoxy groups -OCH3 is 2. The first-order valence-electron chi connectivity index (χ1n) is 8.88. The highest BCUT2D eigenvalue weighted by atomic mass is 79.9. The number of carbonyl (C=O) groups is 3. The summed E-state index contributed by atoms with van der Waals surface area (Å²) in [4.78, 5) is 36.7. The molecule has 0 spiro atoms. The van der Waals surface area contributed by atoms with Crippen LogP contribution in [0.3, 0.4) is 0 Å². The molecule has 9 heteroatoms. The van der Waals surface area contributed by atoms with Gasteiger partial charge in [0, 0.05) is 4.47 Å². The lowest BCUT2D eigenvalue weighted by molar-refractivity contribution is -0.143. The Morgan fingerprint density at radius 2 is 1.87 bits per heavy atom. The van der Waals surface area contributed by atoms with E-state index in [4.69, 9.17) is 9.47 Å². The zero-order valence-electron chi connectivity index (χ0n) is 16.3. The molecule has 2 aromatic rings. The summed E-state index contributed by atoms with van der Waals surface area (Å²) in [5.41, 5.74) is 1.62. The number of imide groups is 1. The number of urea groups is 1. The SMILES string of the molecule is COC(=O)CN1C(=O)N/C(=C/c2cc(OC)c(OCc3ccccc3)cc2Br)C1=O. The molecule has 0 aromatic heterocycles. The quantitative estimate of drug-likeness (QED) is 0.376. The maximum Gasteiger partial charge on any atom is 0.329 e. The van der Waals surface area contributed by atoms with Gasteiger partial charge in [-0.2, -0.15) is 0 Å². The third-order valence-electron chi connectivity index (χ3n) is 4.30. The monoisotopic (exact) mass is 474 g/mol. The molecule has 1 aliphatic heterocycles. The minimum Gasteiger partial charge on any atom is -0.493 e. The summed E-state index contributed by atoms with van der Waals surface area (Å²) in [5.74, 6) is -0.336. The molecule has 3 rings (SSSR count). The van der Waals surface area contributed by atoms with Crippen molar-refractivity contribution in [3.63, 3.8) is 0 Å². The Morgan fingerprint density at radius 3 is 2.53 bits per heavy atom. The molecule has 0 radical (unpaired) electrons. The molecule has 0 aliphatic carbocycles. The molecule has 0 saturated carbocycles. The molecule has 1 aliphatic rings. The molecule has 1 saturated heterocycles. The lowest BCUT2D eigenvalue weighted by atomic mass is 10.1. The lowest BCUT2D eigenvalue weighted by Gasteiger charge is -2.13. The van der Waals surface area contributed by atoms with Crippen molar-refractivity contribution in [2.45, 2.75) is 6.61 Å². The van der Waals surface area contributed by atoms with Crippen molar-refractivity contribution in [2.24, 2.45) is 0 Å². The Kier molecular flexibility index (Phi) is 6.73. The number of nitrogens with one attached hydrogen (secondary N) is 1. The first-order chi connectivity index (χ1) is 14.4. The molecular formula is C21H19BrN2O6. The number of hydrogen-bond donors (Lipinski definition) is 1. The Morgan fingerprint density at radius 1 is 1.13 bits per heavy atom. The maximum absolute atomic E-state index is 12.5. The predicted molar refractivity (Wildman–Crippen MR) is 112 cm³/mol. The average Bonchev–Trinajstić information content (AvgIpc) is 3.01. The number of hydrogen-bond acceptors (Lipinski definition) is 6. The van der Waals surface area contributed by atoms with Gasteiger partial charge in [0.2, 0.25) is 0 Å². The van der Waals surface area contributed by atoms with Crippen molar-refractivity contribution in [3.05, 3.63) is 63.8 Å². The first-order valence-corrected chi connectivity index (χ1v) is 9.68. The zero-order valence-corrected chi connectivity index (χ0v) is 17.9. The van der Waals surface area contributed by atoms with E-state index in [-0.39, 0.29) is 5.70 Å². The number of carbonyl (C=O) groups excluding carboxylic acids is 3. The van der Waals surface area contributed by atoms with Gasteiger partial charge < -0.3 is 19.5 Å². The highest BCUT2D eigenvalue weighted by molar-refractivity contribution is 9.10. The van der Waals surface area contributed by atoms with Crippen LogP contribution in [-0.2, 0) is 20.9 Å². The minimum absolute atomic E-state index is 0.0320. The Bertz CT molecular complexity index is 1010. The number of esters is 1. The fourth-order valence-electron chi connectivity index (χ4n) is 2.73. The van der Waals surface area contributed by atoms with E-state index in [0.29, 0.717) is 28.1 Å². The summed E-state index contributed by atoms with van der Waals surface area (Å²) in [5, 5.41) is 2.46. The highest BCUT2D eigenvalue weighted by Crippen LogP contribution is 2.35. The number of benzene rings is 2. The van der Waals surface area contributed by atoms with E-state index < -0.39 is 24.5 Å². The summed E-state index contributed by atoms with van der Waals surface area (Å²) in [6, 6.07) is 12.4. The average molecular weight is 475 g/mol. The second-order valence-electron chi connectivity index (χ2n) is 6.25. The number of halogens is 1. The summed E-state index contributed by atoms with van der Waals surface area (Å²) >= 11 is 3.45. The van der Waals surface area contributed by atoms with Gasteiger partial charge in [-0.05, 0) is 29.3 Å². The van der Waals surface area contributed by atoms with Crippen molar-refractivity contribution in [3.8, 4) is 11.5 Å². The van der Waals surface area contributed by atoms with Gasteiger partial charge in [0.15, 0.2) is 11.5 Å². The molecule has 156 valence electrons. The number of nitrogens with zero attached hydrogens (tertiary/aromatic N) is 1. The van der Waals surface area contributed by atoms with Crippen LogP contribution in [0.25, 0.3) is 6.08 Å². The van der Waals surface area contributed by atoms with E-state index in [1.54, 1.807) is 12.1 Å². The number of rotatable bonds is 7. The van der Waals surface area contributed by atoms with Gasteiger partial charge in [-0.3, -0.25) is 9.59 Å². The summed E-state index contributed by atoms with van der Waals surface area (Å²) in [7, 11) is 2.69. The lowest BCUT2D eigenvalue weighted by Crippen LogP contribution is -2.36. The van der Waals surface area contributed by atoms with E-state index in [2.05, 4.69) is 26.0 Å². The second kappa shape index (κ2) is 9.45. The smallest absolute Gasteiger partial charge is 0.329 e. The van der Waals surface area contributed by atoms with Crippen molar-refractivity contribution in [2.75, 3.05) is 20.8 Å². The van der Waals surface area contributed by atoms with E-state index in [1.807, 2.05) is 30.3 Å². The maximum atomic E-state index is 12.5. The van der Waals surface area contributed by atoms with Crippen molar-refractivity contribution in [1.82, 2.24) is 10.2 Å². The Labute approximate surface area is 181 Å². The van der Waals surface area contributed by atoms with E-state index in [1.165, 1.54) is 20.3 Å². The molecule has 0 atom stereocenters. The van der Waals surface area contributed by atoms with Crippen LogP contribution >= 0.6 is 15.9 Å². The molecule has 1 N–H and O–H groups in total. The summed E-state index contributed by atoms with van der Waals surface area (Å²) in [6.07, 6.45) is 1.49. The van der Waals surface area contributed by atoms with Crippen molar-refractivity contribution >= 4 is 39.9 Å². The number of ether oxygens (including phenoxy) is 3. The van der Waals surface area contributed by atoms with Crippen LogP contribution in [0, 0.1) is 0 Å². The number of amides is 3. The van der Waals surface area contributed by atoms with Gasteiger partial charge in [-0.15, -0.1) is 0 Å². The minimum atomic E-state index is -0.692. The normalized spacial score (nSPS) is 14.6. The standard InChI is InChI=1S/C21H19BrN2O6/c1-28-17-9-14(8-16-20(26)24(21(27)23-16)11-19(25)29-2)15(22)10-18(17)30-12-13-6-4-3-5-7-13/h3-10H,11-12H2,1-2H3,(H,23,27)/b16-8+. The fraction of sp³-hybridized carbons (Fsp3) is 0.190. The third kappa shape index (κ3) is 4.80. The molecule has 0 unspecified atom stereocenters. The molecule has 8 nitrogen and oxygen atoms in total. The Balaban J connectivity index is 1.82. The summed E-state index contributed by atoms with van der Waals surface area (Å²) in [6.45, 7) is -0.101. The molecule has 0 bridgehead atoms. The zero-order chi connectivity index (χ0) is 21.7. The van der Waals surface area contributed by atoms with Crippen LogP contribution in [0.15, 0.2) is 52.6 Å².